The van der Waals surface area contributed by atoms with Crippen molar-refractivity contribution in [3.63, 3.8) is 0 Å². The maximum Gasteiger partial charge on any atom is 0.105 e. The Hall–Kier alpha value is -0.800. The molecule has 1 aliphatic heterocycles. The monoisotopic (exact) mass is 236 g/mol. The third-order valence-corrected chi connectivity index (χ3v) is 3.90. The van der Waals surface area contributed by atoms with Crippen LogP contribution in [-0.4, -0.2) is 30.6 Å². The molecule has 1 N–H and O–H groups in total. The fourth-order valence-corrected chi connectivity index (χ4v) is 3.01. The molecule has 2 unspecified atom stereocenters. The van der Waals surface area contributed by atoms with Crippen LogP contribution in [0.5, 0.6) is 0 Å². The predicted octanol–water partition coefficient (Wildman–Crippen LogP) is 2.64. The fraction of sp³-hybridized carbons (Fsp3) is 0.714. The Morgan fingerprint density at radius 1 is 1.53 bits per heavy atom. The van der Waals surface area contributed by atoms with Crippen molar-refractivity contribution >= 4 is 0 Å². The number of likely N-dealkylation sites (N-methyl/N-ethyl adjacent to an activating group) is 1. The first-order valence-corrected chi connectivity index (χ1v) is 6.66. The largest absolute Gasteiger partial charge is 0.466 e. The Balaban J connectivity index is 2.16. The van der Waals surface area contributed by atoms with E-state index in [0.29, 0.717) is 12.1 Å². The van der Waals surface area contributed by atoms with Crippen molar-refractivity contribution in [3.05, 3.63) is 23.2 Å². The van der Waals surface area contributed by atoms with Crippen LogP contribution in [0.4, 0.5) is 0 Å². The molecular weight excluding hydrogens is 212 g/mol. The highest BCUT2D eigenvalue weighted by molar-refractivity contribution is 5.23. The van der Waals surface area contributed by atoms with Crippen LogP contribution in [0.25, 0.3) is 0 Å². The quantitative estimate of drug-likeness (QED) is 0.871. The van der Waals surface area contributed by atoms with Gasteiger partial charge in [-0.3, -0.25) is 4.90 Å². The number of aryl methyl sites for hydroxylation is 2. The van der Waals surface area contributed by atoms with E-state index >= 15 is 0 Å². The van der Waals surface area contributed by atoms with Gasteiger partial charge >= 0.3 is 0 Å². The van der Waals surface area contributed by atoms with Gasteiger partial charge in [-0.1, -0.05) is 6.92 Å². The molecule has 2 heterocycles. The molecule has 0 spiro atoms. The number of nitrogens with zero attached hydrogens (tertiary/aromatic N) is 1. The van der Waals surface area contributed by atoms with Crippen molar-refractivity contribution < 1.29 is 4.42 Å². The smallest absolute Gasteiger partial charge is 0.105 e. The Morgan fingerprint density at radius 3 is 2.76 bits per heavy atom. The average Bonchev–Trinajstić information content (AvgIpc) is 2.89. The number of hydrogen-bond donors (Lipinski definition) is 1. The lowest BCUT2D eigenvalue weighted by molar-refractivity contribution is 0.161. The second kappa shape index (κ2) is 5.23. The number of hydrogen-bond acceptors (Lipinski definition) is 3. The normalized spacial score (nSPS) is 22.3. The van der Waals surface area contributed by atoms with Crippen LogP contribution in [0.3, 0.4) is 0 Å². The Kier molecular flexibility index (Phi) is 3.89. The third kappa shape index (κ3) is 2.55. The maximum absolute atomic E-state index is 5.65. The van der Waals surface area contributed by atoms with Gasteiger partial charge in [0.2, 0.25) is 0 Å². The predicted molar refractivity (Wildman–Crippen MR) is 70.3 cm³/mol. The summed E-state index contributed by atoms with van der Waals surface area (Å²) < 4.78 is 5.65. The molecule has 0 saturated carbocycles. The van der Waals surface area contributed by atoms with Gasteiger partial charge in [0.1, 0.15) is 11.5 Å². The van der Waals surface area contributed by atoms with E-state index in [1.54, 1.807) is 0 Å². The molecule has 1 fully saturated rings. The third-order valence-electron chi connectivity index (χ3n) is 3.90. The topological polar surface area (TPSA) is 28.4 Å². The van der Waals surface area contributed by atoms with Gasteiger partial charge in [-0.25, -0.2) is 0 Å². The van der Waals surface area contributed by atoms with Gasteiger partial charge in [-0.2, -0.15) is 0 Å². The first-order chi connectivity index (χ1) is 8.13. The van der Waals surface area contributed by atoms with E-state index in [4.69, 9.17) is 4.42 Å². The second-order valence-corrected chi connectivity index (χ2v) is 5.02. The molecule has 0 bridgehead atoms. The van der Waals surface area contributed by atoms with Crippen LogP contribution >= 0.6 is 0 Å². The molecule has 0 aliphatic carbocycles. The average molecular weight is 236 g/mol. The van der Waals surface area contributed by atoms with Gasteiger partial charge in [0.25, 0.3) is 0 Å². The van der Waals surface area contributed by atoms with Gasteiger partial charge in [0, 0.05) is 24.2 Å². The van der Waals surface area contributed by atoms with E-state index in [2.05, 4.69) is 37.1 Å². The minimum absolute atomic E-state index is 0.447. The van der Waals surface area contributed by atoms with E-state index in [9.17, 15) is 0 Å². The van der Waals surface area contributed by atoms with Crippen molar-refractivity contribution in [1.29, 1.82) is 0 Å². The Labute approximate surface area is 104 Å². The molecule has 1 aromatic heterocycles. The Morgan fingerprint density at radius 2 is 2.29 bits per heavy atom. The SMILES string of the molecule is CCN(C1CCNC1)C(C)c1cc(C)oc1C. The molecule has 1 aromatic rings. The number of furan rings is 1. The van der Waals surface area contributed by atoms with Gasteiger partial charge in [-0.15, -0.1) is 0 Å². The minimum Gasteiger partial charge on any atom is -0.466 e. The Bertz CT molecular complexity index is 366. The summed E-state index contributed by atoms with van der Waals surface area (Å²) in [5, 5.41) is 3.45. The molecule has 17 heavy (non-hydrogen) atoms. The molecule has 96 valence electrons. The number of nitrogens with one attached hydrogen (secondary N) is 1. The van der Waals surface area contributed by atoms with Gasteiger partial charge in [0.05, 0.1) is 0 Å². The lowest BCUT2D eigenvalue weighted by Crippen LogP contribution is -2.38. The summed E-state index contributed by atoms with van der Waals surface area (Å²) in [6.45, 7) is 12.0. The molecule has 0 amide bonds. The van der Waals surface area contributed by atoms with Crippen molar-refractivity contribution in [3.8, 4) is 0 Å². The summed E-state index contributed by atoms with van der Waals surface area (Å²) in [7, 11) is 0. The number of rotatable bonds is 4. The zero-order valence-electron chi connectivity index (χ0n) is 11.4. The van der Waals surface area contributed by atoms with E-state index in [1.807, 2.05) is 6.92 Å². The first-order valence-electron chi connectivity index (χ1n) is 6.66. The lowest BCUT2D eigenvalue weighted by atomic mass is 10.0. The lowest BCUT2D eigenvalue weighted by Gasteiger charge is -2.33. The minimum atomic E-state index is 0.447. The van der Waals surface area contributed by atoms with Crippen LogP contribution < -0.4 is 5.32 Å². The zero-order chi connectivity index (χ0) is 12.4. The standard InChI is InChI=1S/C14H24N2O/c1-5-16(13-6-7-15-9-13)11(3)14-8-10(2)17-12(14)4/h8,11,13,15H,5-7,9H2,1-4H3. The van der Waals surface area contributed by atoms with E-state index in [-0.39, 0.29) is 0 Å². The van der Waals surface area contributed by atoms with Gasteiger partial charge < -0.3 is 9.73 Å². The van der Waals surface area contributed by atoms with Crippen LogP contribution in [-0.2, 0) is 0 Å². The molecule has 0 aromatic carbocycles. The molecule has 1 saturated heterocycles. The van der Waals surface area contributed by atoms with E-state index in [0.717, 1.165) is 31.2 Å². The molecule has 0 radical (unpaired) electrons. The van der Waals surface area contributed by atoms with Crippen molar-refractivity contribution in [2.45, 2.75) is 46.2 Å². The van der Waals surface area contributed by atoms with E-state index < -0.39 is 0 Å². The summed E-state index contributed by atoms with van der Waals surface area (Å²) in [5.74, 6) is 2.09. The van der Waals surface area contributed by atoms with Crippen molar-refractivity contribution in [2.75, 3.05) is 19.6 Å². The van der Waals surface area contributed by atoms with Crippen LogP contribution in [0.15, 0.2) is 10.5 Å². The molecule has 3 heteroatoms. The van der Waals surface area contributed by atoms with Gasteiger partial charge in [-0.05, 0) is 46.3 Å². The highest BCUT2D eigenvalue weighted by Crippen LogP contribution is 2.28. The zero-order valence-corrected chi connectivity index (χ0v) is 11.4. The fourth-order valence-electron chi connectivity index (χ4n) is 3.01. The first kappa shape index (κ1) is 12.7. The maximum atomic E-state index is 5.65. The molecular formula is C14H24N2O. The molecule has 3 nitrogen and oxygen atoms in total. The summed E-state index contributed by atoms with van der Waals surface area (Å²) >= 11 is 0. The molecule has 2 rings (SSSR count). The molecule has 1 aliphatic rings. The van der Waals surface area contributed by atoms with Crippen LogP contribution in [0.2, 0.25) is 0 Å². The highest BCUT2D eigenvalue weighted by atomic mass is 16.3. The molecule has 2 atom stereocenters. The second-order valence-electron chi connectivity index (χ2n) is 5.02. The summed E-state index contributed by atoms with van der Waals surface area (Å²) in [6, 6.07) is 3.30. The van der Waals surface area contributed by atoms with Crippen LogP contribution in [0, 0.1) is 13.8 Å². The van der Waals surface area contributed by atoms with Crippen molar-refractivity contribution in [2.24, 2.45) is 0 Å². The van der Waals surface area contributed by atoms with Crippen molar-refractivity contribution in [1.82, 2.24) is 10.2 Å². The highest BCUT2D eigenvalue weighted by Gasteiger charge is 2.27. The summed E-state index contributed by atoms with van der Waals surface area (Å²) in [5.41, 5.74) is 1.34. The summed E-state index contributed by atoms with van der Waals surface area (Å²) in [4.78, 5) is 2.58. The van der Waals surface area contributed by atoms with Gasteiger partial charge in [0.15, 0.2) is 0 Å². The summed E-state index contributed by atoms with van der Waals surface area (Å²) in [6.07, 6.45) is 1.26. The van der Waals surface area contributed by atoms with E-state index in [1.165, 1.54) is 12.0 Å². The van der Waals surface area contributed by atoms with Crippen LogP contribution in [0.1, 0.15) is 43.4 Å².